The van der Waals surface area contributed by atoms with Crippen molar-refractivity contribution in [2.45, 2.75) is 58.7 Å². The van der Waals surface area contributed by atoms with Gasteiger partial charge in [0.05, 0.1) is 12.8 Å². The largest absolute Gasteiger partial charge is 0.467 e. The molecule has 0 aliphatic carbocycles. The predicted octanol–water partition coefficient (Wildman–Crippen LogP) is 4.39. The fraction of sp³-hybridized carbons (Fsp3) is 0.333. The van der Waals surface area contributed by atoms with Crippen LogP contribution in [0.25, 0.3) is 0 Å². The van der Waals surface area contributed by atoms with E-state index in [2.05, 4.69) is 15.6 Å². The third kappa shape index (κ3) is 7.81. The summed E-state index contributed by atoms with van der Waals surface area (Å²) in [4.78, 5) is 44.9. The zero-order valence-corrected chi connectivity index (χ0v) is 20.6. The predicted molar refractivity (Wildman–Crippen MR) is 133 cm³/mol. The zero-order valence-electron chi connectivity index (χ0n) is 20.6. The highest BCUT2D eigenvalue weighted by Gasteiger charge is 2.33. The van der Waals surface area contributed by atoms with E-state index in [0.717, 1.165) is 5.56 Å². The number of rotatable bonds is 9. The van der Waals surface area contributed by atoms with Crippen molar-refractivity contribution in [3.05, 3.63) is 83.9 Å². The molecule has 0 aliphatic heterocycles. The first-order valence-electron chi connectivity index (χ1n) is 11.5. The van der Waals surface area contributed by atoms with Gasteiger partial charge in [0.2, 0.25) is 17.7 Å². The maximum atomic E-state index is 13.5. The summed E-state index contributed by atoms with van der Waals surface area (Å²) in [6.45, 7) is 7.71. The van der Waals surface area contributed by atoms with E-state index in [1.165, 1.54) is 11.2 Å². The van der Waals surface area contributed by atoms with Crippen molar-refractivity contribution in [3.8, 4) is 0 Å². The number of furan rings is 1. The minimum Gasteiger partial charge on any atom is -0.467 e. The summed E-state index contributed by atoms with van der Waals surface area (Å²) in [6.07, 6.45) is 2.97. The lowest BCUT2D eigenvalue weighted by Crippen LogP contribution is -2.49. The molecule has 35 heavy (non-hydrogen) atoms. The van der Waals surface area contributed by atoms with E-state index in [-0.39, 0.29) is 37.1 Å². The molecule has 0 unspecified atom stereocenters. The number of aromatic nitrogens is 1. The van der Waals surface area contributed by atoms with E-state index in [0.29, 0.717) is 17.1 Å². The molecular weight excluding hydrogens is 444 g/mol. The third-order valence-electron chi connectivity index (χ3n) is 5.18. The average Bonchev–Trinajstić information content (AvgIpc) is 3.31. The highest BCUT2D eigenvalue weighted by Crippen LogP contribution is 2.26. The van der Waals surface area contributed by atoms with Crippen molar-refractivity contribution in [1.82, 2.24) is 15.2 Å². The molecule has 2 N–H and O–H groups in total. The van der Waals surface area contributed by atoms with E-state index in [4.69, 9.17) is 4.42 Å². The van der Waals surface area contributed by atoms with Crippen LogP contribution in [-0.4, -0.2) is 33.1 Å². The number of nitrogens with one attached hydrogen (secondary N) is 2. The van der Waals surface area contributed by atoms with Gasteiger partial charge in [0.25, 0.3) is 0 Å². The first-order chi connectivity index (χ1) is 16.6. The lowest BCUT2D eigenvalue weighted by atomic mass is 10.00. The number of nitrogens with zero attached hydrogens (tertiary/aromatic N) is 2. The Labute approximate surface area is 205 Å². The fourth-order valence-corrected chi connectivity index (χ4v) is 3.56. The van der Waals surface area contributed by atoms with Crippen LogP contribution in [0.15, 0.2) is 71.5 Å². The number of benzene rings is 1. The van der Waals surface area contributed by atoms with Crippen molar-refractivity contribution >= 4 is 23.5 Å². The Kier molecular flexibility index (Phi) is 8.41. The van der Waals surface area contributed by atoms with E-state index >= 15 is 0 Å². The molecule has 0 spiro atoms. The van der Waals surface area contributed by atoms with Crippen LogP contribution in [0.3, 0.4) is 0 Å². The van der Waals surface area contributed by atoms with Gasteiger partial charge in [0.1, 0.15) is 17.6 Å². The molecule has 0 bridgehead atoms. The quantitative estimate of drug-likeness (QED) is 0.477. The Balaban J connectivity index is 1.86. The van der Waals surface area contributed by atoms with E-state index in [1.54, 1.807) is 36.5 Å². The average molecular weight is 477 g/mol. The van der Waals surface area contributed by atoms with Gasteiger partial charge in [-0.05, 0) is 57.5 Å². The monoisotopic (exact) mass is 476 g/mol. The molecule has 0 radical (unpaired) electrons. The van der Waals surface area contributed by atoms with Crippen LogP contribution in [0.5, 0.6) is 0 Å². The van der Waals surface area contributed by atoms with Crippen molar-refractivity contribution < 1.29 is 18.8 Å². The van der Waals surface area contributed by atoms with Crippen LogP contribution >= 0.6 is 0 Å². The summed E-state index contributed by atoms with van der Waals surface area (Å²) < 4.78 is 5.49. The number of carbonyl (C=O) groups excluding carboxylic acids is 3. The van der Waals surface area contributed by atoms with Crippen LogP contribution in [0.4, 0.5) is 5.82 Å². The van der Waals surface area contributed by atoms with E-state index in [1.807, 2.05) is 52.0 Å². The SMILES string of the molecule is Cc1ccc([C@@H](C(=O)NC(C)(C)C)N(Cc2ccco2)C(=O)CCC(=O)Nc2ccccn2)cc1. The topological polar surface area (TPSA) is 105 Å². The van der Waals surface area contributed by atoms with Crippen molar-refractivity contribution in [2.24, 2.45) is 0 Å². The Hall–Kier alpha value is -3.94. The number of amides is 3. The van der Waals surface area contributed by atoms with Crippen molar-refractivity contribution in [1.29, 1.82) is 0 Å². The Morgan fingerprint density at radius 1 is 1.00 bits per heavy atom. The number of hydrogen-bond acceptors (Lipinski definition) is 5. The molecule has 184 valence electrons. The number of aryl methyl sites for hydroxylation is 1. The fourth-order valence-electron chi connectivity index (χ4n) is 3.56. The normalized spacial score (nSPS) is 12.0. The number of anilines is 1. The highest BCUT2D eigenvalue weighted by molar-refractivity contribution is 5.94. The van der Waals surface area contributed by atoms with E-state index < -0.39 is 11.6 Å². The molecule has 1 atom stereocenters. The molecule has 8 heteroatoms. The maximum absolute atomic E-state index is 13.5. The van der Waals surface area contributed by atoms with Gasteiger partial charge in [-0.3, -0.25) is 14.4 Å². The summed E-state index contributed by atoms with van der Waals surface area (Å²) in [5.74, 6) is -0.0242. The van der Waals surface area contributed by atoms with Crippen LogP contribution < -0.4 is 10.6 Å². The third-order valence-corrected chi connectivity index (χ3v) is 5.18. The molecule has 3 amide bonds. The minimum atomic E-state index is -0.897. The molecule has 0 saturated carbocycles. The first-order valence-corrected chi connectivity index (χ1v) is 11.5. The van der Waals surface area contributed by atoms with Crippen LogP contribution in [0, 0.1) is 6.92 Å². The number of carbonyl (C=O) groups is 3. The second kappa shape index (κ2) is 11.5. The van der Waals surface area contributed by atoms with Crippen LogP contribution in [-0.2, 0) is 20.9 Å². The van der Waals surface area contributed by atoms with Gasteiger partial charge in [0.15, 0.2) is 0 Å². The van der Waals surface area contributed by atoms with Gasteiger partial charge in [-0.25, -0.2) is 4.98 Å². The summed E-state index contributed by atoms with van der Waals surface area (Å²) in [5.41, 5.74) is 1.22. The Morgan fingerprint density at radius 2 is 1.74 bits per heavy atom. The van der Waals surface area contributed by atoms with Gasteiger partial charge in [-0.1, -0.05) is 35.9 Å². The van der Waals surface area contributed by atoms with Gasteiger partial charge >= 0.3 is 0 Å². The molecule has 1 aromatic carbocycles. The first kappa shape index (κ1) is 25.7. The molecular formula is C27H32N4O4. The zero-order chi connectivity index (χ0) is 25.4. The van der Waals surface area contributed by atoms with Gasteiger partial charge < -0.3 is 20.0 Å². The second-order valence-electron chi connectivity index (χ2n) is 9.42. The van der Waals surface area contributed by atoms with Crippen molar-refractivity contribution in [3.63, 3.8) is 0 Å². The molecule has 3 rings (SSSR count). The Bertz CT molecular complexity index is 1120. The molecule has 2 heterocycles. The lowest BCUT2D eigenvalue weighted by Gasteiger charge is -2.33. The molecule has 2 aromatic heterocycles. The minimum absolute atomic E-state index is 0.0500. The summed E-state index contributed by atoms with van der Waals surface area (Å²) in [7, 11) is 0. The standard InChI is InChI=1S/C27H32N4O4/c1-19-10-12-20(13-11-19)25(26(34)30-27(2,3)4)31(18-21-8-7-17-35-21)24(33)15-14-23(32)29-22-9-5-6-16-28-22/h5-13,16-17,25H,14-15,18H2,1-4H3,(H,30,34)(H,28,29,32)/t25-/m0/s1. The number of hydrogen-bond donors (Lipinski definition) is 2. The second-order valence-corrected chi connectivity index (χ2v) is 9.42. The van der Waals surface area contributed by atoms with Gasteiger partial charge in [-0.15, -0.1) is 0 Å². The van der Waals surface area contributed by atoms with Crippen LogP contribution in [0.2, 0.25) is 0 Å². The molecule has 0 fully saturated rings. The Morgan fingerprint density at radius 3 is 2.34 bits per heavy atom. The smallest absolute Gasteiger partial charge is 0.247 e. The molecule has 0 saturated heterocycles. The number of pyridine rings is 1. The maximum Gasteiger partial charge on any atom is 0.247 e. The molecule has 8 nitrogen and oxygen atoms in total. The lowest BCUT2D eigenvalue weighted by molar-refractivity contribution is -0.143. The molecule has 3 aromatic rings. The van der Waals surface area contributed by atoms with E-state index in [9.17, 15) is 14.4 Å². The molecule has 0 aliphatic rings. The van der Waals surface area contributed by atoms with Crippen LogP contribution in [0.1, 0.15) is 56.5 Å². The van der Waals surface area contributed by atoms with Gasteiger partial charge in [-0.2, -0.15) is 0 Å². The summed E-state index contributed by atoms with van der Waals surface area (Å²) >= 11 is 0. The summed E-state index contributed by atoms with van der Waals surface area (Å²) in [5, 5.41) is 5.68. The van der Waals surface area contributed by atoms with Gasteiger partial charge in [0, 0.05) is 24.6 Å². The highest BCUT2D eigenvalue weighted by atomic mass is 16.3. The van der Waals surface area contributed by atoms with Crippen molar-refractivity contribution in [2.75, 3.05) is 5.32 Å². The summed E-state index contributed by atoms with van der Waals surface area (Å²) in [6, 6.07) is 15.3.